The smallest absolute Gasteiger partial charge is 0.305 e. The van der Waals surface area contributed by atoms with Crippen molar-refractivity contribution in [2.24, 2.45) is 12.2 Å². The topological polar surface area (TPSA) is 50.6 Å². The third kappa shape index (κ3) is 4.47. The van der Waals surface area contributed by atoms with Crippen molar-refractivity contribution in [2.75, 3.05) is 0 Å². The van der Waals surface area contributed by atoms with E-state index in [0.717, 1.165) is 5.82 Å². The van der Waals surface area contributed by atoms with Crippen LogP contribution in [-0.4, -0.2) is 22.1 Å². The van der Waals surface area contributed by atoms with Gasteiger partial charge in [-0.1, -0.05) is 11.1 Å². The molecule has 0 fully saturated rings. The second-order valence-corrected chi connectivity index (χ2v) is 3.31. The van der Waals surface area contributed by atoms with Crippen LogP contribution in [-0.2, 0) is 18.5 Å². The van der Waals surface area contributed by atoms with Crippen molar-refractivity contribution in [1.29, 1.82) is 0 Å². The maximum atomic E-state index is 8.53. The monoisotopic (exact) mass is 257 g/mol. The number of ether oxygens (including phenoxy) is 1. The SMILES string of the molecule is CC#CC(C)OCn1cc[n+](C)c1/C=N/O.[Cl-]. The fourth-order valence-electron chi connectivity index (χ4n) is 1.30. The molecule has 0 aliphatic carbocycles. The summed E-state index contributed by atoms with van der Waals surface area (Å²) in [5.41, 5.74) is 0. The van der Waals surface area contributed by atoms with Crippen molar-refractivity contribution in [3.05, 3.63) is 18.2 Å². The molecule has 17 heavy (non-hydrogen) atoms. The molecule has 0 amide bonds. The Bertz CT molecular complexity index is 432. The third-order valence-corrected chi connectivity index (χ3v) is 2.11. The predicted octanol–water partition coefficient (Wildman–Crippen LogP) is -2.49. The van der Waals surface area contributed by atoms with E-state index in [9.17, 15) is 0 Å². The van der Waals surface area contributed by atoms with E-state index in [1.807, 2.05) is 35.5 Å². The van der Waals surface area contributed by atoms with Gasteiger partial charge in [-0.2, -0.15) is 0 Å². The van der Waals surface area contributed by atoms with Crippen LogP contribution < -0.4 is 17.0 Å². The van der Waals surface area contributed by atoms with E-state index in [4.69, 9.17) is 9.94 Å². The molecule has 0 aromatic carbocycles. The minimum atomic E-state index is -0.114. The molecule has 0 bridgehead atoms. The molecule has 0 aliphatic heterocycles. The normalized spacial score (nSPS) is 11.7. The Morgan fingerprint density at radius 3 is 3.00 bits per heavy atom. The minimum Gasteiger partial charge on any atom is -1.00 e. The van der Waals surface area contributed by atoms with Gasteiger partial charge in [0.25, 0.3) is 0 Å². The zero-order chi connectivity index (χ0) is 12.0. The van der Waals surface area contributed by atoms with Gasteiger partial charge in [-0.3, -0.25) is 0 Å². The Kier molecular flexibility index (Phi) is 7.03. The summed E-state index contributed by atoms with van der Waals surface area (Å²) in [6, 6.07) is 0. The van der Waals surface area contributed by atoms with Crippen LogP contribution >= 0.6 is 0 Å². The lowest BCUT2D eigenvalue weighted by atomic mass is 10.4. The average Bonchev–Trinajstić information content (AvgIpc) is 2.59. The van der Waals surface area contributed by atoms with Crippen LogP contribution in [0.3, 0.4) is 0 Å². The number of rotatable bonds is 4. The number of oxime groups is 1. The molecule has 5 nitrogen and oxygen atoms in total. The van der Waals surface area contributed by atoms with Gasteiger partial charge in [0.05, 0.1) is 7.05 Å². The van der Waals surface area contributed by atoms with Gasteiger partial charge < -0.3 is 22.4 Å². The van der Waals surface area contributed by atoms with E-state index in [0.29, 0.717) is 6.73 Å². The van der Waals surface area contributed by atoms with Crippen LogP contribution in [0.4, 0.5) is 0 Å². The van der Waals surface area contributed by atoms with Crippen molar-refractivity contribution in [3.63, 3.8) is 0 Å². The summed E-state index contributed by atoms with van der Waals surface area (Å²) >= 11 is 0. The number of imidazole rings is 1. The molecular weight excluding hydrogens is 242 g/mol. The highest BCUT2D eigenvalue weighted by Gasteiger charge is 2.12. The van der Waals surface area contributed by atoms with Gasteiger partial charge in [0.15, 0.2) is 12.9 Å². The number of aromatic nitrogens is 2. The first-order valence-electron chi connectivity index (χ1n) is 4.95. The first-order chi connectivity index (χ1) is 7.69. The molecule has 1 aromatic rings. The molecule has 6 heteroatoms. The molecule has 0 spiro atoms. The summed E-state index contributed by atoms with van der Waals surface area (Å²) in [5, 5.41) is 11.5. The summed E-state index contributed by atoms with van der Waals surface area (Å²) in [4.78, 5) is 0. The second kappa shape index (κ2) is 7.71. The minimum absolute atomic E-state index is 0. The second-order valence-electron chi connectivity index (χ2n) is 3.31. The van der Waals surface area contributed by atoms with E-state index >= 15 is 0 Å². The van der Waals surface area contributed by atoms with Crippen molar-refractivity contribution in [3.8, 4) is 11.8 Å². The fraction of sp³-hybridized carbons (Fsp3) is 0.455. The van der Waals surface area contributed by atoms with Gasteiger partial charge in [0.2, 0.25) is 0 Å². The van der Waals surface area contributed by atoms with Crippen molar-refractivity contribution < 1.29 is 26.9 Å². The zero-order valence-corrected chi connectivity index (χ0v) is 10.8. The first-order valence-corrected chi connectivity index (χ1v) is 4.95. The van der Waals surface area contributed by atoms with Crippen LogP contribution in [0.15, 0.2) is 17.5 Å². The largest absolute Gasteiger partial charge is 1.00 e. The Morgan fingerprint density at radius 2 is 2.41 bits per heavy atom. The Labute approximate surface area is 107 Å². The van der Waals surface area contributed by atoms with Gasteiger partial charge in [-0.25, -0.2) is 9.13 Å². The lowest BCUT2D eigenvalue weighted by Gasteiger charge is -2.04. The zero-order valence-electron chi connectivity index (χ0n) is 10.1. The summed E-state index contributed by atoms with van der Waals surface area (Å²) in [7, 11) is 1.86. The van der Waals surface area contributed by atoms with Gasteiger partial charge >= 0.3 is 5.82 Å². The van der Waals surface area contributed by atoms with Crippen molar-refractivity contribution >= 4 is 6.21 Å². The first kappa shape index (κ1) is 15.5. The van der Waals surface area contributed by atoms with E-state index < -0.39 is 0 Å². The van der Waals surface area contributed by atoms with E-state index in [2.05, 4.69) is 17.0 Å². The van der Waals surface area contributed by atoms with Crippen LogP contribution in [0.5, 0.6) is 0 Å². The van der Waals surface area contributed by atoms with Gasteiger partial charge in [0, 0.05) is 0 Å². The van der Waals surface area contributed by atoms with Crippen LogP contribution in [0.25, 0.3) is 0 Å². The number of nitrogens with zero attached hydrogens (tertiary/aromatic N) is 3. The molecule has 1 aromatic heterocycles. The van der Waals surface area contributed by atoms with Gasteiger partial charge in [-0.15, -0.1) is 5.92 Å². The maximum Gasteiger partial charge on any atom is 0.305 e. The summed E-state index contributed by atoms with van der Waals surface area (Å²) in [6.07, 6.45) is 4.95. The molecule has 0 aliphatic rings. The molecule has 0 saturated carbocycles. The number of halogens is 1. The van der Waals surface area contributed by atoms with E-state index in [1.165, 1.54) is 6.21 Å². The van der Waals surface area contributed by atoms with Crippen LogP contribution in [0.2, 0.25) is 0 Å². The van der Waals surface area contributed by atoms with Gasteiger partial charge in [-0.05, 0) is 13.8 Å². The number of hydrogen-bond donors (Lipinski definition) is 1. The standard InChI is InChI=1S/C11H15N3O2.ClH/c1-4-5-10(2)16-9-14-7-6-13(3)11(14)8-12-15;/h6-8,10H,9H2,1-3H3;1H. The summed E-state index contributed by atoms with van der Waals surface area (Å²) in [5.74, 6) is 6.44. The highest BCUT2D eigenvalue weighted by atomic mass is 35.5. The van der Waals surface area contributed by atoms with E-state index in [1.54, 1.807) is 6.92 Å². The fourth-order valence-corrected chi connectivity index (χ4v) is 1.30. The van der Waals surface area contributed by atoms with Crippen LogP contribution in [0, 0.1) is 11.8 Å². The molecule has 1 rings (SSSR count). The summed E-state index contributed by atoms with van der Waals surface area (Å²) in [6.45, 7) is 4.04. The molecule has 1 unspecified atom stereocenters. The number of hydrogen-bond acceptors (Lipinski definition) is 3. The van der Waals surface area contributed by atoms with E-state index in [-0.39, 0.29) is 18.5 Å². The lowest BCUT2D eigenvalue weighted by molar-refractivity contribution is -0.672. The molecule has 0 saturated heterocycles. The molecule has 0 radical (unpaired) electrons. The Hall–Kier alpha value is -1.51. The highest BCUT2D eigenvalue weighted by Crippen LogP contribution is 1.96. The third-order valence-electron chi connectivity index (χ3n) is 2.11. The molecular formula is C11H16ClN3O2. The quantitative estimate of drug-likeness (QED) is 0.213. The number of aryl methyl sites for hydroxylation is 1. The molecule has 94 valence electrons. The van der Waals surface area contributed by atoms with Gasteiger partial charge in [0.1, 0.15) is 18.5 Å². The maximum absolute atomic E-state index is 8.53. The molecule has 1 heterocycles. The lowest BCUT2D eigenvalue weighted by Crippen LogP contribution is -3.00. The molecule has 1 N–H and O–H groups in total. The Balaban J connectivity index is 0.00000256. The average molecular weight is 258 g/mol. The Morgan fingerprint density at radius 1 is 1.71 bits per heavy atom. The molecule has 1 atom stereocenters. The predicted molar refractivity (Wildman–Crippen MR) is 59.0 cm³/mol. The van der Waals surface area contributed by atoms with Crippen molar-refractivity contribution in [1.82, 2.24) is 4.57 Å². The highest BCUT2D eigenvalue weighted by molar-refractivity contribution is 5.72. The van der Waals surface area contributed by atoms with Crippen molar-refractivity contribution in [2.45, 2.75) is 26.7 Å². The summed E-state index contributed by atoms with van der Waals surface area (Å²) < 4.78 is 9.16. The van der Waals surface area contributed by atoms with Crippen LogP contribution in [0.1, 0.15) is 19.7 Å².